The SMILES string of the molecule is Cc1cc(C(=O)N2C[C@@H](c3cccc(Cl)c3)OC[C@@H]2C)no1. The Bertz CT molecular complexity index is 686. The lowest BCUT2D eigenvalue weighted by atomic mass is 10.1. The highest BCUT2D eigenvalue weighted by Gasteiger charge is 2.32. The van der Waals surface area contributed by atoms with Crippen LogP contribution in [0.2, 0.25) is 5.02 Å². The molecule has 3 rings (SSSR count). The second-order valence-electron chi connectivity index (χ2n) is 5.51. The average Bonchev–Trinajstić information content (AvgIpc) is 2.93. The van der Waals surface area contributed by atoms with Gasteiger partial charge in [0.05, 0.1) is 19.2 Å². The van der Waals surface area contributed by atoms with Crippen molar-refractivity contribution in [3.05, 3.63) is 52.4 Å². The Morgan fingerprint density at radius 1 is 1.41 bits per heavy atom. The average molecular weight is 321 g/mol. The molecule has 2 aromatic rings. The van der Waals surface area contributed by atoms with Crippen LogP contribution >= 0.6 is 11.6 Å². The van der Waals surface area contributed by atoms with Gasteiger partial charge in [0, 0.05) is 11.1 Å². The zero-order chi connectivity index (χ0) is 15.7. The standard InChI is InChI=1S/C16H17ClN2O3/c1-10-9-21-15(12-4-3-5-13(17)7-12)8-19(10)16(20)14-6-11(2)22-18-14/h3-7,10,15H,8-9H2,1-2H3/t10-,15-/m0/s1. The quantitative estimate of drug-likeness (QED) is 0.852. The fourth-order valence-electron chi connectivity index (χ4n) is 2.56. The molecule has 22 heavy (non-hydrogen) atoms. The number of carbonyl (C=O) groups is 1. The fourth-order valence-corrected chi connectivity index (χ4v) is 2.76. The number of halogens is 1. The van der Waals surface area contributed by atoms with E-state index in [0.29, 0.717) is 29.6 Å². The largest absolute Gasteiger partial charge is 0.370 e. The van der Waals surface area contributed by atoms with Gasteiger partial charge in [-0.2, -0.15) is 0 Å². The number of carbonyl (C=O) groups excluding carboxylic acids is 1. The van der Waals surface area contributed by atoms with Gasteiger partial charge < -0.3 is 14.2 Å². The van der Waals surface area contributed by atoms with Crippen molar-refractivity contribution in [3.8, 4) is 0 Å². The number of aryl methyl sites for hydroxylation is 1. The Morgan fingerprint density at radius 3 is 2.91 bits per heavy atom. The molecule has 1 saturated heterocycles. The van der Waals surface area contributed by atoms with E-state index in [2.05, 4.69) is 5.16 Å². The van der Waals surface area contributed by atoms with Gasteiger partial charge >= 0.3 is 0 Å². The van der Waals surface area contributed by atoms with Gasteiger partial charge in [0.1, 0.15) is 11.9 Å². The van der Waals surface area contributed by atoms with Crippen LogP contribution in [0.15, 0.2) is 34.9 Å². The van der Waals surface area contributed by atoms with E-state index in [1.807, 2.05) is 31.2 Å². The molecule has 0 saturated carbocycles. The molecule has 0 unspecified atom stereocenters. The van der Waals surface area contributed by atoms with Gasteiger partial charge in [0.25, 0.3) is 5.91 Å². The van der Waals surface area contributed by atoms with E-state index in [0.717, 1.165) is 5.56 Å². The number of benzene rings is 1. The van der Waals surface area contributed by atoms with Crippen LogP contribution in [0, 0.1) is 6.92 Å². The molecule has 1 aliphatic rings. The van der Waals surface area contributed by atoms with E-state index in [-0.39, 0.29) is 18.1 Å². The first-order valence-corrected chi connectivity index (χ1v) is 7.54. The second kappa shape index (κ2) is 6.10. The van der Waals surface area contributed by atoms with Gasteiger partial charge in [-0.05, 0) is 31.5 Å². The maximum Gasteiger partial charge on any atom is 0.276 e. The van der Waals surface area contributed by atoms with Crippen LogP contribution in [0.5, 0.6) is 0 Å². The van der Waals surface area contributed by atoms with Crippen LogP contribution in [0.3, 0.4) is 0 Å². The maximum atomic E-state index is 12.6. The number of aromatic nitrogens is 1. The molecule has 5 nitrogen and oxygen atoms in total. The van der Waals surface area contributed by atoms with Crippen LogP contribution in [0.4, 0.5) is 0 Å². The Hall–Kier alpha value is -1.85. The highest BCUT2D eigenvalue weighted by Crippen LogP contribution is 2.27. The van der Waals surface area contributed by atoms with E-state index in [4.69, 9.17) is 20.9 Å². The lowest BCUT2D eigenvalue weighted by molar-refractivity contribution is -0.0489. The summed E-state index contributed by atoms with van der Waals surface area (Å²) < 4.78 is 10.8. The monoisotopic (exact) mass is 320 g/mol. The minimum absolute atomic E-state index is 0.0139. The molecule has 1 amide bonds. The van der Waals surface area contributed by atoms with E-state index in [1.54, 1.807) is 17.9 Å². The molecule has 1 aromatic carbocycles. The summed E-state index contributed by atoms with van der Waals surface area (Å²) in [5.41, 5.74) is 1.30. The molecule has 116 valence electrons. The number of rotatable bonds is 2. The summed E-state index contributed by atoms with van der Waals surface area (Å²) in [7, 11) is 0. The Morgan fingerprint density at radius 2 is 2.23 bits per heavy atom. The Kier molecular flexibility index (Phi) is 4.18. The lowest BCUT2D eigenvalue weighted by Crippen LogP contribution is -2.48. The van der Waals surface area contributed by atoms with Gasteiger partial charge in [0.2, 0.25) is 0 Å². The van der Waals surface area contributed by atoms with Gasteiger partial charge in [-0.1, -0.05) is 28.9 Å². The number of morpholine rings is 1. The van der Waals surface area contributed by atoms with E-state index < -0.39 is 0 Å². The van der Waals surface area contributed by atoms with E-state index in [9.17, 15) is 4.79 Å². The van der Waals surface area contributed by atoms with Crippen molar-refractivity contribution in [3.63, 3.8) is 0 Å². The minimum Gasteiger partial charge on any atom is -0.370 e. The van der Waals surface area contributed by atoms with E-state index in [1.165, 1.54) is 0 Å². The summed E-state index contributed by atoms with van der Waals surface area (Å²) in [4.78, 5) is 14.4. The van der Waals surface area contributed by atoms with Crippen molar-refractivity contribution in [2.24, 2.45) is 0 Å². The predicted molar refractivity (Wildman–Crippen MR) is 81.9 cm³/mol. The first-order valence-electron chi connectivity index (χ1n) is 7.16. The van der Waals surface area contributed by atoms with Crippen LogP contribution in [-0.4, -0.2) is 35.2 Å². The van der Waals surface area contributed by atoms with Crippen molar-refractivity contribution in [1.29, 1.82) is 0 Å². The second-order valence-corrected chi connectivity index (χ2v) is 5.94. The van der Waals surface area contributed by atoms with Gasteiger partial charge in [-0.15, -0.1) is 0 Å². The molecule has 0 bridgehead atoms. The van der Waals surface area contributed by atoms with Crippen molar-refractivity contribution >= 4 is 17.5 Å². The smallest absolute Gasteiger partial charge is 0.276 e. The molecule has 0 spiro atoms. The number of nitrogens with zero attached hydrogens (tertiary/aromatic N) is 2. The molecular weight excluding hydrogens is 304 g/mol. The molecule has 2 atom stereocenters. The summed E-state index contributed by atoms with van der Waals surface area (Å²) >= 11 is 6.03. The minimum atomic E-state index is -0.188. The molecule has 2 heterocycles. The van der Waals surface area contributed by atoms with Gasteiger partial charge in [-0.3, -0.25) is 4.79 Å². The third-order valence-corrected chi connectivity index (χ3v) is 4.00. The third kappa shape index (κ3) is 3.00. The van der Waals surface area contributed by atoms with Gasteiger partial charge in [0.15, 0.2) is 5.69 Å². The van der Waals surface area contributed by atoms with Crippen molar-refractivity contribution in [2.75, 3.05) is 13.2 Å². The molecule has 6 heteroatoms. The third-order valence-electron chi connectivity index (χ3n) is 3.76. The Balaban J connectivity index is 1.80. The van der Waals surface area contributed by atoms with E-state index >= 15 is 0 Å². The first kappa shape index (κ1) is 15.1. The summed E-state index contributed by atoms with van der Waals surface area (Å²) in [5.74, 6) is 0.482. The van der Waals surface area contributed by atoms with Crippen LogP contribution in [-0.2, 0) is 4.74 Å². The summed E-state index contributed by atoms with van der Waals surface area (Å²) in [6, 6.07) is 9.16. The summed E-state index contributed by atoms with van der Waals surface area (Å²) in [6.45, 7) is 4.66. The Labute approximate surface area is 133 Å². The summed E-state index contributed by atoms with van der Waals surface area (Å²) in [5, 5.41) is 4.47. The lowest BCUT2D eigenvalue weighted by Gasteiger charge is -2.37. The number of hydrogen-bond donors (Lipinski definition) is 0. The normalized spacial score (nSPS) is 21.9. The molecular formula is C16H17ClN2O3. The van der Waals surface area contributed by atoms with Crippen LogP contribution in [0.1, 0.15) is 34.8 Å². The zero-order valence-corrected chi connectivity index (χ0v) is 13.2. The topological polar surface area (TPSA) is 55.6 Å². The molecule has 0 aliphatic carbocycles. The van der Waals surface area contributed by atoms with Gasteiger partial charge in [-0.25, -0.2) is 0 Å². The highest BCUT2D eigenvalue weighted by atomic mass is 35.5. The molecule has 0 N–H and O–H groups in total. The molecule has 1 fully saturated rings. The molecule has 0 radical (unpaired) electrons. The number of ether oxygens (including phenoxy) is 1. The van der Waals surface area contributed by atoms with Crippen LogP contribution in [0.25, 0.3) is 0 Å². The fraction of sp³-hybridized carbons (Fsp3) is 0.375. The van der Waals surface area contributed by atoms with Crippen molar-refractivity contribution in [1.82, 2.24) is 10.1 Å². The van der Waals surface area contributed by atoms with Crippen molar-refractivity contribution in [2.45, 2.75) is 26.0 Å². The highest BCUT2D eigenvalue weighted by molar-refractivity contribution is 6.30. The zero-order valence-electron chi connectivity index (χ0n) is 12.5. The predicted octanol–water partition coefficient (Wildman–Crippen LogP) is 3.24. The first-order chi connectivity index (χ1) is 10.5. The van der Waals surface area contributed by atoms with Crippen LogP contribution < -0.4 is 0 Å². The number of amides is 1. The molecule has 1 aromatic heterocycles. The maximum absolute atomic E-state index is 12.6. The number of hydrogen-bond acceptors (Lipinski definition) is 4. The van der Waals surface area contributed by atoms with Crippen molar-refractivity contribution < 1.29 is 14.1 Å². The molecule has 1 aliphatic heterocycles. The summed E-state index contributed by atoms with van der Waals surface area (Å²) in [6.07, 6.45) is -0.188.